The van der Waals surface area contributed by atoms with Crippen LogP contribution in [0.5, 0.6) is 0 Å². The Morgan fingerprint density at radius 3 is 2.88 bits per heavy atom. The van der Waals surface area contributed by atoms with E-state index < -0.39 is 13.0 Å². The van der Waals surface area contributed by atoms with E-state index in [1.54, 1.807) is 0 Å². The number of nitrogens with zero attached hydrogens (tertiary/aromatic N) is 2. The molecule has 0 fully saturated rings. The van der Waals surface area contributed by atoms with Gasteiger partial charge in [0.1, 0.15) is 6.61 Å². The predicted molar refractivity (Wildman–Crippen MR) is 52.0 cm³/mol. The molecule has 1 heterocycles. The molecule has 16 heavy (non-hydrogen) atoms. The van der Waals surface area contributed by atoms with Crippen molar-refractivity contribution in [2.45, 2.75) is 32.2 Å². The Hall–Kier alpha value is -1.08. The Bertz CT molecular complexity index is 307. The molecule has 1 atom stereocenters. The molecule has 0 unspecified atom stereocenters. The fourth-order valence-electron chi connectivity index (χ4n) is 1.03. The summed E-state index contributed by atoms with van der Waals surface area (Å²) in [6.07, 6.45) is -1.41. The van der Waals surface area contributed by atoms with Gasteiger partial charge in [-0.25, -0.2) is 8.78 Å². The van der Waals surface area contributed by atoms with Gasteiger partial charge >= 0.3 is 0 Å². The number of rotatable bonds is 7. The Morgan fingerprint density at radius 2 is 2.25 bits per heavy atom. The van der Waals surface area contributed by atoms with Gasteiger partial charge in [0, 0.05) is 6.42 Å². The van der Waals surface area contributed by atoms with Gasteiger partial charge in [0.05, 0.1) is 12.6 Å². The maximum atomic E-state index is 11.7. The summed E-state index contributed by atoms with van der Waals surface area (Å²) in [6.45, 7) is 1.48. The molecule has 0 aromatic carbocycles. The minimum Gasteiger partial charge on any atom is -0.375 e. The Balaban J connectivity index is 2.29. The second-order valence-electron chi connectivity index (χ2n) is 3.28. The van der Waals surface area contributed by atoms with Crippen LogP contribution in [0.15, 0.2) is 4.52 Å². The predicted octanol–water partition coefficient (Wildman–Crippen LogP) is 1.30. The van der Waals surface area contributed by atoms with Gasteiger partial charge in [-0.2, -0.15) is 4.98 Å². The average molecular weight is 235 g/mol. The van der Waals surface area contributed by atoms with Crippen molar-refractivity contribution < 1.29 is 18.0 Å². The summed E-state index contributed by atoms with van der Waals surface area (Å²) in [7, 11) is 0. The van der Waals surface area contributed by atoms with Gasteiger partial charge in [0.15, 0.2) is 5.82 Å². The van der Waals surface area contributed by atoms with Crippen LogP contribution in [0.25, 0.3) is 0 Å². The van der Waals surface area contributed by atoms with Gasteiger partial charge in [-0.3, -0.25) is 0 Å². The van der Waals surface area contributed by atoms with E-state index >= 15 is 0 Å². The third-order valence-electron chi connectivity index (χ3n) is 1.95. The van der Waals surface area contributed by atoms with Crippen LogP contribution in [0.3, 0.4) is 0 Å². The highest BCUT2D eigenvalue weighted by atomic mass is 19.3. The lowest BCUT2D eigenvalue weighted by Gasteiger charge is -2.00. The summed E-state index contributed by atoms with van der Waals surface area (Å²) in [6, 6.07) is -0.275. The van der Waals surface area contributed by atoms with Crippen LogP contribution in [-0.2, 0) is 11.2 Å². The van der Waals surface area contributed by atoms with E-state index in [-0.39, 0.29) is 12.6 Å². The molecule has 1 aromatic heterocycles. The van der Waals surface area contributed by atoms with Crippen molar-refractivity contribution in [2.24, 2.45) is 5.73 Å². The van der Waals surface area contributed by atoms with Crippen molar-refractivity contribution in [3.63, 3.8) is 0 Å². The molecule has 0 spiro atoms. The van der Waals surface area contributed by atoms with E-state index in [2.05, 4.69) is 10.1 Å². The van der Waals surface area contributed by atoms with Crippen LogP contribution in [-0.4, -0.2) is 29.8 Å². The second-order valence-corrected chi connectivity index (χ2v) is 3.28. The molecule has 2 N–H and O–H groups in total. The monoisotopic (exact) mass is 235 g/mol. The first kappa shape index (κ1) is 13.0. The molecule has 1 aromatic rings. The van der Waals surface area contributed by atoms with Gasteiger partial charge in [0.2, 0.25) is 5.89 Å². The summed E-state index contributed by atoms with van der Waals surface area (Å²) in [5, 5.41) is 3.67. The minimum absolute atomic E-state index is 0.144. The van der Waals surface area contributed by atoms with Crippen LogP contribution >= 0.6 is 0 Å². The van der Waals surface area contributed by atoms with Crippen molar-refractivity contribution >= 4 is 0 Å². The number of aromatic nitrogens is 2. The third-order valence-corrected chi connectivity index (χ3v) is 1.95. The van der Waals surface area contributed by atoms with E-state index in [9.17, 15) is 8.78 Å². The molecule has 0 bridgehead atoms. The molecule has 0 radical (unpaired) electrons. The zero-order valence-corrected chi connectivity index (χ0v) is 9.03. The van der Waals surface area contributed by atoms with Gasteiger partial charge in [-0.1, -0.05) is 12.1 Å². The van der Waals surface area contributed by atoms with E-state index in [1.807, 2.05) is 6.92 Å². The Kier molecular flexibility index (Phi) is 5.27. The van der Waals surface area contributed by atoms with Crippen molar-refractivity contribution in [1.29, 1.82) is 0 Å². The molecule has 0 amide bonds. The van der Waals surface area contributed by atoms with E-state index in [0.29, 0.717) is 24.6 Å². The van der Waals surface area contributed by atoms with Crippen LogP contribution in [0.4, 0.5) is 8.78 Å². The normalized spacial score (nSPS) is 13.3. The van der Waals surface area contributed by atoms with E-state index in [1.165, 1.54) is 0 Å². The standard InChI is InChI=1S/C9H15F2N3O2/c1-2-6(12)9-13-8(14-16-9)3-4-15-5-7(10)11/h6-7H,2-5,12H2,1H3/t6-/m1/s1. The summed E-state index contributed by atoms with van der Waals surface area (Å²) in [4.78, 5) is 4.03. The molecule has 1 rings (SSSR count). The summed E-state index contributed by atoms with van der Waals surface area (Å²) >= 11 is 0. The van der Waals surface area contributed by atoms with Crippen molar-refractivity contribution in [3.05, 3.63) is 11.7 Å². The number of hydrogen-bond acceptors (Lipinski definition) is 5. The molecule has 0 saturated heterocycles. The van der Waals surface area contributed by atoms with Crippen molar-refractivity contribution in [1.82, 2.24) is 10.1 Å². The number of ether oxygens (including phenoxy) is 1. The Labute approximate surface area is 92.0 Å². The second kappa shape index (κ2) is 6.49. The fraction of sp³-hybridized carbons (Fsp3) is 0.778. The van der Waals surface area contributed by atoms with Crippen molar-refractivity contribution in [2.75, 3.05) is 13.2 Å². The molecule has 92 valence electrons. The van der Waals surface area contributed by atoms with E-state index in [0.717, 1.165) is 0 Å². The Morgan fingerprint density at radius 1 is 1.50 bits per heavy atom. The summed E-state index contributed by atoms with van der Waals surface area (Å²) in [5.74, 6) is 0.791. The van der Waals surface area contributed by atoms with Crippen LogP contribution in [0.2, 0.25) is 0 Å². The molecule has 0 saturated carbocycles. The molecule has 0 aliphatic rings. The SMILES string of the molecule is CC[C@@H](N)c1nc(CCOCC(F)F)no1. The summed E-state index contributed by atoms with van der Waals surface area (Å²) in [5.41, 5.74) is 5.68. The topological polar surface area (TPSA) is 74.2 Å². The molecular weight excluding hydrogens is 220 g/mol. The maximum Gasteiger partial charge on any atom is 0.261 e. The zero-order chi connectivity index (χ0) is 12.0. The zero-order valence-electron chi connectivity index (χ0n) is 9.03. The smallest absolute Gasteiger partial charge is 0.261 e. The fourth-order valence-corrected chi connectivity index (χ4v) is 1.03. The number of alkyl halides is 2. The molecule has 0 aliphatic heterocycles. The van der Waals surface area contributed by atoms with Crippen molar-refractivity contribution in [3.8, 4) is 0 Å². The molecule has 5 nitrogen and oxygen atoms in total. The number of halogens is 2. The highest BCUT2D eigenvalue weighted by molar-refractivity contribution is 4.91. The summed E-state index contributed by atoms with van der Waals surface area (Å²) < 4.78 is 33.0. The van der Waals surface area contributed by atoms with Gasteiger partial charge in [0.25, 0.3) is 6.43 Å². The van der Waals surface area contributed by atoms with Gasteiger partial charge < -0.3 is 15.0 Å². The quantitative estimate of drug-likeness (QED) is 0.721. The lowest BCUT2D eigenvalue weighted by Crippen LogP contribution is -2.10. The van der Waals surface area contributed by atoms with Crippen LogP contribution in [0, 0.1) is 0 Å². The molecule has 7 heteroatoms. The highest BCUT2D eigenvalue weighted by Crippen LogP contribution is 2.10. The maximum absolute atomic E-state index is 11.7. The first-order chi connectivity index (χ1) is 7.63. The first-order valence-electron chi connectivity index (χ1n) is 5.07. The average Bonchev–Trinajstić information content (AvgIpc) is 2.71. The highest BCUT2D eigenvalue weighted by Gasteiger charge is 2.12. The number of hydrogen-bond donors (Lipinski definition) is 1. The minimum atomic E-state index is -2.45. The molecular formula is C9H15F2N3O2. The largest absolute Gasteiger partial charge is 0.375 e. The van der Waals surface area contributed by atoms with Gasteiger partial charge in [-0.15, -0.1) is 0 Å². The number of nitrogens with two attached hydrogens (primary N) is 1. The lowest BCUT2D eigenvalue weighted by atomic mass is 10.2. The third kappa shape index (κ3) is 4.19. The molecule has 0 aliphatic carbocycles. The lowest BCUT2D eigenvalue weighted by molar-refractivity contribution is 0.0182. The van der Waals surface area contributed by atoms with Gasteiger partial charge in [-0.05, 0) is 6.42 Å². The van der Waals surface area contributed by atoms with Crippen LogP contribution in [0.1, 0.15) is 31.1 Å². The van der Waals surface area contributed by atoms with E-state index in [4.69, 9.17) is 15.0 Å². The first-order valence-corrected chi connectivity index (χ1v) is 5.07. The van der Waals surface area contributed by atoms with Crippen LogP contribution < -0.4 is 5.73 Å².